The van der Waals surface area contributed by atoms with Crippen LogP contribution >= 0.6 is 0 Å². The van der Waals surface area contributed by atoms with Gasteiger partial charge in [0, 0.05) is 12.1 Å². The van der Waals surface area contributed by atoms with Crippen molar-refractivity contribution >= 4 is 11.9 Å². The van der Waals surface area contributed by atoms with Gasteiger partial charge in [-0.1, -0.05) is 0 Å². The molecule has 2 rings (SSSR count). The van der Waals surface area contributed by atoms with Gasteiger partial charge in [0.05, 0.1) is 12.5 Å². The van der Waals surface area contributed by atoms with Crippen LogP contribution in [0.5, 0.6) is 0 Å². The van der Waals surface area contributed by atoms with Crippen LogP contribution in [0.15, 0.2) is 0 Å². The molecule has 1 amide bonds. The molecule has 0 aliphatic carbocycles. The summed E-state index contributed by atoms with van der Waals surface area (Å²) in [4.78, 5) is 26.7. The Morgan fingerprint density at radius 3 is 2.56 bits per heavy atom. The molecule has 2 heterocycles. The number of carbonyl (C=O) groups is 2. The molecule has 3 unspecified atom stereocenters. The molecule has 2 aliphatic rings. The molecule has 5 heteroatoms. The van der Waals surface area contributed by atoms with E-state index in [4.69, 9.17) is 5.11 Å². The second-order valence-corrected chi connectivity index (χ2v) is 5.02. The zero-order valence-electron chi connectivity index (χ0n) is 9.72. The van der Waals surface area contributed by atoms with Crippen molar-refractivity contribution in [2.45, 2.75) is 31.3 Å². The van der Waals surface area contributed by atoms with Crippen molar-refractivity contribution in [1.29, 1.82) is 0 Å². The maximum absolute atomic E-state index is 12.0. The van der Waals surface area contributed by atoms with E-state index in [0.717, 1.165) is 12.8 Å². The Bertz CT molecular complexity index is 316. The van der Waals surface area contributed by atoms with Crippen LogP contribution in [0.2, 0.25) is 0 Å². The maximum atomic E-state index is 12.0. The van der Waals surface area contributed by atoms with Gasteiger partial charge in [0.1, 0.15) is 0 Å². The predicted molar refractivity (Wildman–Crippen MR) is 58.0 cm³/mol. The van der Waals surface area contributed by atoms with Gasteiger partial charge in [-0.25, -0.2) is 0 Å². The predicted octanol–water partition coefficient (Wildman–Crippen LogP) is 0.0121. The molecule has 2 saturated heterocycles. The first-order chi connectivity index (χ1) is 7.50. The zero-order valence-corrected chi connectivity index (χ0v) is 9.72. The Kier molecular flexibility index (Phi) is 2.88. The van der Waals surface area contributed by atoms with Crippen LogP contribution in [0.3, 0.4) is 0 Å². The molecule has 2 fully saturated rings. The van der Waals surface area contributed by atoms with Gasteiger partial charge in [0.25, 0.3) is 0 Å². The number of carboxylic acids is 1. The van der Waals surface area contributed by atoms with Crippen molar-refractivity contribution in [1.82, 2.24) is 9.80 Å². The van der Waals surface area contributed by atoms with Crippen molar-refractivity contribution in [2.75, 3.05) is 20.6 Å². The molecule has 1 N–H and O–H groups in total. The van der Waals surface area contributed by atoms with Crippen LogP contribution in [0.25, 0.3) is 0 Å². The number of fused-ring (bicyclic) bond motifs is 2. The lowest BCUT2D eigenvalue weighted by Gasteiger charge is -2.24. The van der Waals surface area contributed by atoms with E-state index in [1.165, 1.54) is 0 Å². The summed E-state index contributed by atoms with van der Waals surface area (Å²) in [6.45, 7) is 0.374. The van der Waals surface area contributed by atoms with E-state index < -0.39 is 5.97 Å². The van der Waals surface area contributed by atoms with Gasteiger partial charge in [-0.2, -0.15) is 0 Å². The summed E-state index contributed by atoms with van der Waals surface area (Å²) in [6, 6.07) is 0.105. The topological polar surface area (TPSA) is 60.9 Å². The molecule has 5 nitrogen and oxygen atoms in total. The highest BCUT2D eigenvalue weighted by Gasteiger charge is 2.51. The van der Waals surface area contributed by atoms with E-state index in [1.807, 2.05) is 23.9 Å². The molecular formula is C11H18N2O3. The van der Waals surface area contributed by atoms with Crippen LogP contribution < -0.4 is 0 Å². The molecule has 2 aliphatic heterocycles. The largest absolute Gasteiger partial charge is 0.481 e. The smallest absolute Gasteiger partial charge is 0.308 e. The third-order valence-corrected chi connectivity index (χ3v) is 3.59. The fourth-order valence-corrected chi connectivity index (χ4v) is 2.99. The van der Waals surface area contributed by atoms with Crippen LogP contribution in [0.1, 0.15) is 19.3 Å². The Labute approximate surface area is 95.0 Å². The van der Waals surface area contributed by atoms with Gasteiger partial charge >= 0.3 is 5.97 Å². The first-order valence-electron chi connectivity index (χ1n) is 5.69. The number of rotatable bonds is 3. The van der Waals surface area contributed by atoms with Crippen LogP contribution in [-0.2, 0) is 9.59 Å². The number of hydrogen-bond donors (Lipinski definition) is 1. The maximum Gasteiger partial charge on any atom is 0.308 e. The summed E-state index contributed by atoms with van der Waals surface area (Å²) >= 11 is 0. The van der Waals surface area contributed by atoms with Gasteiger partial charge in [-0.3, -0.25) is 9.59 Å². The van der Waals surface area contributed by atoms with E-state index in [9.17, 15) is 9.59 Å². The number of carboxylic acid groups (broad SMARTS) is 1. The summed E-state index contributed by atoms with van der Waals surface area (Å²) in [5.41, 5.74) is 0. The summed E-state index contributed by atoms with van der Waals surface area (Å²) in [6.07, 6.45) is 2.45. The summed E-state index contributed by atoms with van der Waals surface area (Å²) < 4.78 is 0. The minimum Gasteiger partial charge on any atom is -0.481 e. The highest BCUT2D eigenvalue weighted by molar-refractivity contribution is 5.82. The minimum atomic E-state index is -0.755. The molecule has 0 spiro atoms. The van der Waals surface area contributed by atoms with Crippen molar-refractivity contribution < 1.29 is 14.7 Å². The van der Waals surface area contributed by atoms with E-state index >= 15 is 0 Å². The van der Waals surface area contributed by atoms with Crippen molar-refractivity contribution in [2.24, 2.45) is 5.92 Å². The molecule has 3 atom stereocenters. The Hall–Kier alpha value is -1.10. The molecular weight excluding hydrogens is 208 g/mol. The first-order valence-corrected chi connectivity index (χ1v) is 5.69. The molecule has 0 saturated carbocycles. The van der Waals surface area contributed by atoms with E-state index in [2.05, 4.69) is 0 Å². The van der Waals surface area contributed by atoms with E-state index in [-0.39, 0.29) is 23.9 Å². The number of amides is 1. The number of likely N-dealkylation sites (N-methyl/N-ethyl adjacent to an activating group) is 1. The second kappa shape index (κ2) is 4.05. The highest BCUT2D eigenvalue weighted by atomic mass is 16.4. The molecule has 16 heavy (non-hydrogen) atoms. The van der Waals surface area contributed by atoms with Gasteiger partial charge in [0.2, 0.25) is 5.91 Å². The summed E-state index contributed by atoms with van der Waals surface area (Å²) in [5.74, 6) is -1.03. The Balaban J connectivity index is 2.07. The molecule has 0 aromatic rings. The second-order valence-electron chi connectivity index (χ2n) is 5.02. The Morgan fingerprint density at radius 2 is 2.06 bits per heavy atom. The van der Waals surface area contributed by atoms with Crippen molar-refractivity contribution in [3.05, 3.63) is 0 Å². The van der Waals surface area contributed by atoms with Crippen LogP contribution in [0, 0.1) is 5.92 Å². The third kappa shape index (κ3) is 1.80. The van der Waals surface area contributed by atoms with Gasteiger partial charge in [-0.05, 0) is 33.4 Å². The van der Waals surface area contributed by atoms with Crippen molar-refractivity contribution in [3.63, 3.8) is 0 Å². The standard InChI is InChI=1S/C11H18N2O3/c1-12(2)6-10(14)13-7-3-4-9(13)8(5-7)11(15)16/h7-9H,3-6H2,1-2H3,(H,15,16). The quantitative estimate of drug-likeness (QED) is 0.736. The number of carbonyl (C=O) groups excluding carboxylic acids is 1. The number of aliphatic carboxylic acids is 1. The monoisotopic (exact) mass is 226 g/mol. The van der Waals surface area contributed by atoms with Crippen molar-refractivity contribution in [3.8, 4) is 0 Å². The normalized spacial score (nSPS) is 32.4. The summed E-state index contributed by atoms with van der Waals surface area (Å²) in [7, 11) is 3.70. The van der Waals surface area contributed by atoms with Gasteiger partial charge in [0.15, 0.2) is 0 Å². The molecule has 2 bridgehead atoms. The lowest BCUT2D eigenvalue weighted by atomic mass is 9.89. The average Bonchev–Trinajstić information content (AvgIpc) is 2.72. The number of hydrogen-bond acceptors (Lipinski definition) is 3. The molecule has 0 radical (unpaired) electrons. The van der Waals surface area contributed by atoms with E-state index in [1.54, 1.807) is 0 Å². The fraction of sp³-hybridized carbons (Fsp3) is 0.818. The fourth-order valence-electron chi connectivity index (χ4n) is 2.99. The lowest BCUT2D eigenvalue weighted by molar-refractivity contribution is -0.143. The third-order valence-electron chi connectivity index (χ3n) is 3.59. The molecule has 0 aromatic carbocycles. The lowest BCUT2D eigenvalue weighted by Crippen LogP contribution is -2.42. The summed E-state index contributed by atoms with van der Waals surface area (Å²) in [5, 5.41) is 9.07. The SMILES string of the molecule is CN(C)CC(=O)N1C2CCC1C(C(=O)O)C2. The minimum absolute atomic E-state index is 0.0602. The van der Waals surface area contributed by atoms with Crippen LogP contribution in [-0.4, -0.2) is 59.5 Å². The van der Waals surface area contributed by atoms with Crippen LogP contribution in [0.4, 0.5) is 0 Å². The van der Waals surface area contributed by atoms with Gasteiger partial charge in [-0.15, -0.1) is 0 Å². The van der Waals surface area contributed by atoms with E-state index in [0.29, 0.717) is 13.0 Å². The Morgan fingerprint density at radius 1 is 1.38 bits per heavy atom. The average molecular weight is 226 g/mol. The molecule has 0 aromatic heterocycles. The number of nitrogens with zero attached hydrogens (tertiary/aromatic N) is 2. The van der Waals surface area contributed by atoms with Gasteiger partial charge < -0.3 is 14.9 Å². The molecule has 90 valence electrons. The zero-order chi connectivity index (χ0) is 11.9. The first kappa shape index (κ1) is 11.4. The highest BCUT2D eigenvalue weighted by Crippen LogP contribution is 2.41.